The molecule has 0 aliphatic carbocycles. The van der Waals surface area contributed by atoms with Crippen molar-refractivity contribution < 1.29 is 4.79 Å². The molecule has 2 aromatic rings. The van der Waals surface area contributed by atoms with Crippen molar-refractivity contribution in [1.82, 2.24) is 9.47 Å². The standard InChI is InChI=1S/C18H23N3O/c1-2-5-18(22)21-14-12-20(13-15-21)17-8-6-16(7-9-17)19-10-3-4-11-19/h3-4,6-11H,2,5,12-15H2,1H3. The molecule has 22 heavy (non-hydrogen) atoms. The van der Waals surface area contributed by atoms with Crippen LogP contribution in [0.4, 0.5) is 5.69 Å². The summed E-state index contributed by atoms with van der Waals surface area (Å²) in [4.78, 5) is 16.3. The van der Waals surface area contributed by atoms with Gasteiger partial charge in [0.1, 0.15) is 0 Å². The number of benzene rings is 1. The number of carbonyl (C=O) groups is 1. The number of piperazine rings is 1. The summed E-state index contributed by atoms with van der Waals surface area (Å²) in [6.07, 6.45) is 5.70. The lowest BCUT2D eigenvalue weighted by molar-refractivity contribution is -0.131. The van der Waals surface area contributed by atoms with Crippen molar-refractivity contribution in [3.63, 3.8) is 0 Å². The van der Waals surface area contributed by atoms with Crippen LogP contribution in [0.1, 0.15) is 19.8 Å². The van der Waals surface area contributed by atoms with E-state index in [4.69, 9.17) is 0 Å². The Balaban J connectivity index is 1.61. The molecule has 1 amide bonds. The summed E-state index contributed by atoms with van der Waals surface area (Å²) in [5, 5.41) is 0. The molecule has 0 radical (unpaired) electrons. The molecule has 116 valence electrons. The van der Waals surface area contributed by atoms with Gasteiger partial charge in [-0.15, -0.1) is 0 Å². The molecule has 4 heteroatoms. The minimum absolute atomic E-state index is 0.296. The molecular formula is C18H23N3O. The summed E-state index contributed by atoms with van der Waals surface area (Å²) in [6, 6.07) is 12.7. The number of nitrogens with zero attached hydrogens (tertiary/aromatic N) is 3. The van der Waals surface area contributed by atoms with Crippen LogP contribution >= 0.6 is 0 Å². The van der Waals surface area contributed by atoms with Crippen molar-refractivity contribution >= 4 is 11.6 Å². The van der Waals surface area contributed by atoms with Crippen LogP contribution in [0.2, 0.25) is 0 Å². The van der Waals surface area contributed by atoms with Crippen molar-refractivity contribution in [1.29, 1.82) is 0 Å². The zero-order valence-electron chi connectivity index (χ0n) is 13.1. The average molecular weight is 297 g/mol. The van der Waals surface area contributed by atoms with Crippen LogP contribution in [0.25, 0.3) is 5.69 Å². The fourth-order valence-corrected chi connectivity index (χ4v) is 2.93. The van der Waals surface area contributed by atoms with Gasteiger partial charge in [0.15, 0.2) is 0 Å². The summed E-state index contributed by atoms with van der Waals surface area (Å²) >= 11 is 0. The van der Waals surface area contributed by atoms with E-state index in [0.29, 0.717) is 12.3 Å². The number of aromatic nitrogens is 1. The van der Waals surface area contributed by atoms with Crippen molar-refractivity contribution in [3.05, 3.63) is 48.8 Å². The first kappa shape index (κ1) is 14.7. The first-order valence-electron chi connectivity index (χ1n) is 8.04. The second kappa shape index (κ2) is 6.69. The van der Waals surface area contributed by atoms with Gasteiger partial charge in [0, 0.05) is 56.4 Å². The Hall–Kier alpha value is -2.23. The van der Waals surface area contributed by atoms with E-state index in [1.165, 1.54) is 11.4 Å². The fourth-order valence-electron chi connectivity index (χ4n) is 2.93. The third-order valence-electron chi connectivity index (χ3n) is 4.21. The second-order valence-electron chi connectivity index (χ2n) is 5.72. The average Bonchev–Trinajstić information content (AvgIpc) is 3.10. The molecule has 2 heterocycles. The van der Waals surface area contributed by atoms with E-state index in [1.807, 2.05) is 29.4 Å². The van der Waals surface area contributed by atoms with Crippen molar-refractivity contribution in [2.24, 2.45) is 0 Å². The number of hydrogen-bond donors (Lipinski definition) is 0. The van der Waals surface area contributed by atoms with Crippen LogP contribution in [-0.2, 0) is 4.79 Å². The number of amides is 1. The van der Waals surface area contributed by atoms with E-state index in [-0.39, 0.29) is 0 Å². The molecule has 0 saturated carbocycles. The van der Waals surface area contributed by atoms with E-state index >= 15 is 0 Å². The molecule has 1 aliphatic heterocycles. The van der Waals surface area contributed by atoms with Gasteiger partial charge in [-0.05, 0) is 42.8 Å². The molecule has 0 spiro atoms. The lowest BCUT2D eigenvalue weighted by atomic mass is 10.2. The molecule has 0 bridgehead atoms. The number of anilines is 1. The monoisotopic (exact) mass is 297 g/mol. The van der Waals surface area contributed by atoms with Gasteiger partial charge in [-0.25, -0.2) is 0 Å². The van der Waals surface area contributed by atoms with E-state index in [1.54, 1.807) is 0 Å². The van der Waals surface area contributed by atoms with Gasteiger partial charge in [0.05, 0.1) is 0 Å². The van der Waals surface area contributed by atoms with Gasteiger partial charge >= 0.3 is 0 Å². The normalized spacial score (nSPS) is 15.1. The van der Waals surface area contributed by atoms with E-state index < -0.39 is 0 Å². The van der Waals surface area contributed by atoms with Crippen LogP contribution in [0.15, 0.2) is 48.8 Å². The van der Waals surface area contributed by atoms with Gasteiger partial charge in [0.2, 0.25) is 5.91 Å². The minimum atomic E-state index is 0.296. The van der Waals surface area contributed by atoms with Gasteiger partial charge < -0.3 is 14.4 Å². The summed E-state index contributed by atoms with van der Waals surface area (Å²) in [5.74, 6) is 0.296. The number of rotatable bonds is 4. The zero-order valence-corrected chi connectivity index (χ0v) is 13.1. The Morgan fingerprint density at radius 1 is 0.955 bits per heavy atom. The first-order valence-corrected chi connectivity index (χ1v) is 8.04. The highest BCUT2D eigenvalue weighted by atomic mass is 16.2. The molecule has 1 aromatic heterocycles. The van der Waals surface area contributed by atoms with E-state index in [9.17, 15) is 4.79 Å². The predicted octanol–water partition coefficient (Wildman–Crippen LogP) is 2.93. The van der Waals surface area contributed by atoms with Crippen molar-refractivity contribution in [3.8, 4) is 5.69 Å². The molecular weight excluding hydrogens is 274 g/mol. The van der Waals surface area contributed by atoms with Crippen LogP contribution in [-0.4, -0.2) is 41.6 Å². The lowest BCUT2D eigenvalue weighted by Crippen LogP contribution is -2.48. The Kier molecular flexibility index (Phi) is 4.47. The van der Waals surface area contributed by atoms with Gasteiger partial charge in [0.25, 0.3) is 0 Å². The molecule has 3 rings (SSSR count). The zero-order chi connectivity index (χ0) is 15.4. The van der Waals surface area contributed by atoms with Crippen molar-refractivity contribution in [2.45, 2.75) is 19.8 Å². The molecule has 0 unspecified atom stereocenters. The van der Waals surface area contributed by atoms with E-state index in [0.717, 1.165) is 32.6 Å². The summed E-state index contributed by atoms with van der Waals surface area (Å²) in [7, 11) is 0. The largest absolute Gasteiger partial charge is 0.368 e. The molecule has 1 aromatic carbocycles. The third-order valence-corrected chi connectivity index (χ3v) is 4.21. The Labute approximate surface area is 132 Å². The summed E-state index contributed by atoms with van der Waals surface area (Å²) in [5.41, 5.74) is 2.41. The topological polar surface area (TPSA) is 28.5 Å². The molecule has 4 nitrogen and oxygen atoms in total. The SMILES string of the molecule is CCCC(=O)N1CCN(c2ccc(-n3cccc3)cc2)CC1. The minimum Gasteiger partial charge on any atom is -0.368 e. The molecule has 0 N–H and O–H groups in total. The molecule has 1 fully saturated rings. The highest BCUT2D eigenvalue weighted by molar-refractivity contribution is 5.76. The third kappa shape index (κ3) is 3.16. The number of hydrogen-bond acceptors (Lipinski definition) is 2. The maximum absolute atomic E-state index is 11.9. The van der Waals surface area contributed by atoms with Crippen LogP contribution in [0.3, 0.4) is 0 Å². The fraction of sp³-hybridized carbons (Fsp3) is 0.389. The van der Waals surface area contributed by atoms with Crippen molar-refractivity contribution in [2.75, 3.05) is 31.1 Å². The first-order chi connectivity index (χ1) is 10.8. The van der Waals surface area contributed by atoms with Gasteiger partial charge in [-0.1, -0.05) is 6.92 Å². The van der Waals surface area contributed by atoms with Gasteiger partial charge in [-0.2, -0.15) is 0 Å². The maximum Gasteiger partial charge on any atom is 0.222 e. The second-order valence-corrected chi connectivity index (χ2v) is 5.72. The lowest BCUT2D eigenvalue weighted by Gasteiger charge is -2.36. The smallest absolute Gasteiger partial charge is 0.222 e. The highest BCUT2D eigenvalue weighted by Crippen LogP contribution is 2.19. The summed E-state index contributed by atoms with van der Waals surface area (Å²) < 4.78 is 2.10. The predicted molar refractivity (Wildman–Crippen MR) is 89.5 cm³/mol. The van der Waals surface area contributed by atoms with Crippen LogP contribution < -0.4 is 4.90 Å². The maximum atomic E-state index is 11.9. The molecule has 1 saturated heterocycles. The Morgan fingerprint density at radius 3 is 2.14 bits per heavy atom. The molecule has 1 aliphatic rings. The quantitative estimate of drug-likeness (QED) is 0.868. The molecule has 0 atom stereocenters. The summed E-state index contributed by atoms with van der Waals surface area (Å²) in [6.45, 7) is 5.55. The Bertz CT molecular complexity index is 596. The Morgan fingerprint density at radius 2 is 1.55 bits per heavy atom. The van der Waals surface area contributed by atoms with E-state index in [2.05, 4.69) is 40.7 Å². The highest BCUT2D eigenvalue weighted by Gasteiger charge is 2.20. The van der Waals surface area contributed by atoms with Crippen LogP contribution in [0.5, 0.6) is 0 Å². The number of carbonyl (C=O) groups excluding carboxylic acids is 1. The van der Waals surface area contributed by atoms with Crippen LogP contribution in [0, 0.1) is 0 Å². The van der Waals surface area contributed by atoms with Gasteiger partial charge in [-0.3, -0.25) is 4.79 Å².